The lowest BCUT2D eigenvalue weighted by Gasteiger charge is -2.37. The topological polar surface area (TPSA) is 42.4 Å². The number of carbonyl (C=O) groups is 1. The van der Waals surface area contributed by atoms with Crippen molar-refractivity contribution in [3.8, 4) is 0 Å². The summed E-state index contributed by atoms with van der Waals surface area (Å²) in [6.07, 6.45) is 5.20. The maximum atomic E-state index is 13.0. The lowest BCUT2D eigenvalue weighted by molar-refractivity contribution is -0.0446. The SMILES string of the molecule is O=C(c1nccc2ccccc12)N1CCO[C@H]2CCC[C@H]21. The third kappa shape index (κ3) is 2.10. The Labute approximate surface area is 123 Å². The number of carbonyl (C=O) groups excluding carboxylic acids is 1. The molecule has 4 nitrogen and oxygen atoms in total. The Hall–Kier alpha value is -1.94. The molecule has 1 aliphatic carbocycles. The first-order chi connectivity index (χ1) is 10.3. The van der Waals surface area contributed by atoms with Gasteiger partial charge in [0.05, 0.1) is 18.8 Å². The lowest BCUT2D eigenvalue weighted by atomic mass is 10.1. The normalized spacial score (nSPS) is 25.0. The number of rotatable bonds is 1. The summed E-state index contributed by atoms with van der Waals surface area (Å²) in [5, 5.41) is 2.00. The molecule has 0 N–H and O–H groups in total. The van der Waals surface area contributed by atoms with E-state index in [4.69, 9.17) is 4.74 Å². The van der Waals surface area contributed by atoms with E-state index in [1.165, 1.54) is 0 Å². The average molecular weight is 282 g/mol. The zero-order valence-electron chi connectivity index (χ0n) is 11.9. The summed E-state index contributed by atoms with van der Waals surface area (Å²) in [4.78, 5) is 19.3. The molecule has 4 rings (SSSR count). The molecule has 0 bridgehead atoms. The Bertz CT molecular complexity index is 680. The first-order valence-corrected chi connectivity index (χ1v) is 7.61. The molecule has 0 unspecified atom stereocenters. The van der Waals surface area contributed by atoms with Gasteiger partial charge < -0.3 is 9.64 Å². The Kier molecular flexibility index (Phi) is 3.11. The highest BCUT2D eigenvalue weighted by Crippen LogP contribution is 2.31. The molecule has 4 heteroatoms. The van der Waals surface area contributed by atoms with E-state index in [1.54, 1.807) is 6.20 Å². The second-order valence-corrected chi connectivity index (χ2v) is 5.79. The molecule has 1 saturated heterocycles. The number of morpholine rings is 1. The van der Waals surface area contributed by atoms with E-state index in [0.717, 1.165) is 30.0 Å². The van der Waals surface area contributed by atoms with Crippen LogP contribution in [0.15, 0.2) is 36.5 Å². The Morgan fingerprint density at radius 2 is 2.14 bits per heavy atom. The van der Waals surface area contributed by atoms with Crippen LogP contribution in [0.1, 0.15) is 29.8 Å². The van der Waals surface area contributed by atoms with Gasteiger partial charge in [0.15, 0.2) is 0 Å². The van der Waals surface area contributed by atoms with Gasteiger partial charge in [-0.05, 0) is 30.7 Å². The first-order valence-electron chi connectivity index (χ1n) is 7.61. The van der Waals surface area contributed by atoms with Crippen molar-refractivity contribution in [2.24, 2.45) is 0 Å². The number of benzene rings is 1. The minimum absolute atomic E-state index is 0.0481. The lowest BCUT2D eigenvalue weighted by Crippen LogP contribution is -2.51. The molecule has 0 spiro atoms. The van der Waals surface area contributed by atoms with Crippen LogP contribution < -0.4 is 0 Å². The molecule has 2 atom stereocenters. The highest BCUT2D eigenvalue weighted by Gasteiger charge is 2.39. The van der Waals surface area contributed by atoms with Crippen LogP contribution in [0, 0.1) is 0 Å². The van der Waals surface area contributed by atoms with Gasteiger partial charge in [-0.1, -0.05) is 24.3 Å². The molecule has 1 aliphatic heterocycles. The number of pyridine rings is 1. The molecule has 1 aromatic carbocycles. The fraction of sp³-hybridized carbons (Fsp3) is 0.412. The van der Waals surface area contributed by atoms with Gasteiger partial charge in [0, 0.05) is 18.1 Å². The van der Waals surface area contributed by atoms with Gasteiger partial charge in [0.1, 0.15) is 5.69 Å². The number of aromatic nitrogens is 1. The minimum atomic E-state index is 0.0481. The van der Waals surface area contributed by atoms with E-state index in [1.807, 2.05) is 35.2 Å². The Balaban J connectivity index is 1.73. The van der Waals surface area contributed by atoms with Crippen molar-refractivity contribution in [1.29, 1.82) is 0 Å². The summed E-state index contributed by atoms with van der Waals surface area (Å²) in [6.45, 7) is 1.31. The highest BCUT2D eigenvalue weighted by molar-refractivity contribution is 6.05. The quantitative estimate of drug-likeness (QED) is 0.807. The number of hydrogen-bond acceptors (Lipinski definition) is 3. The third-order valence-corrected chi connectivity index (χ3v) is 4.62. The van der Waals surface area contributed by atoms with Gasteiger partial charge in [-0.3, -0.25) is 9.78 Å². The van der Waals surface area contributed by atoms with Crippen molar-refractivity contribution in [3.63, 3.8) is 0 Å². The van der Waals surface area contributed by atoms with Crippen LogP contribution in [0.5, 0.6) is 0 Å². The smallest absolute Gasteiger partial charge is 0.273 e. The molecular weight excluding hydrogens is 264 g/mol. The van der Waals surface area contributed by atoms with Crippen molar-refractivity contribution in [1.82, 2.24) is 9.88 Å². The van der Waals surface area contributed by atoms with Crippen molar-refractivity contribution < 1.29 is 9.53 Å². The summed E-state index contributed by atoms with van der Waals surface area (Å²) in [6, 6.07) is 10.1. The van der Waals surface area contributed by atoms with Crippen molar-refractivity contribution in [3.05, 3.63) is 42.2 Å². The van der Waals surface area contributed by atoms with Gasteiger partial charge in [-0.2, -0.15) is 0 Å². The second kappa shape index (κ2) is 5.11. The number of fused-ring (bicyclic) bond motifs is 2. The first kappa shape index (κ1) is 12.8. The van der Waals surface area contributed by atoms with Crippen molar-refractivity contribution >= 4 is 16.7 Å². The summed E-state index contributed by atoms with van der Waals surface area (Å²) in [5.41, 5.74) is 0.570. The molecular formula is C17H18N2O2. The van der Waals surface area contributed by atoms with Crippen LogP contribution in [0.25, 0.3) is 10.8 Å². The van der Waals surface area contributed by atoms with Gasteiger partial charge in [-0.25, -0.2) is 0 Å². The predicted octanol–water partition coefficient (Wildman–Crippen LogP) is 2.63. The largest absolute Gasteiger partial charge is 0.374 e. The Morgan fingerprint density at radius 3 is 3.10 bits per heavy atom. The van der Waals surface area contributed by atoms with E-state index in [9.17, 15) is 4.79 Å². The maximum absolute atomic E-state index is 13.0. The molecule has 1 aromatic heterocycles. The van der Waals surface area contributed by atoms with Crippen molar-refractivity contribution in [2.75, 3.05) is 13.2 Å². The zero-order valence-corrected chi connectivity index (χ0v) is 11.9. The monoisotopic (exact) mass is 282 g/mol. The zero-order chi connectivity index (χ0) is 14.2. The minimum Gasteiger partial charge on any atom is -0.374 e. The highest BCUT2D eigenvalue weighted by atomic mass is 16.5. The van der Waals surface area contributed by atoms with E-state index < -0.39 is 0 Å². The predicted molar refractivity (Wildman–Crippen MR) is 80.2 cm³/mol. The summed E-state index contributed by atoms with van der Waals surface area (Å²) < 4.78 is 5.79. The third-order valence-electron chi connectivity index (χ3n) is 4.62. The van der Waals surface area contributed by atoms with Crippen LogP contribution in [0.2, 0.25) is 0 Å². The average Bonchev–Trinajstić information content (AvgIpc) is 3.02. The van der Waals surface area contributed by atoms with Gasteiger partial charge in [0.2, 0.25) is 0 Å². The fourth-order valence-electron chi connectivity index (χ4n) is 3.60. The van der Waals surface area contributed by atoms with Crippen LogP contribution in [0.3, 0.4) is 0 Å². The number of nitrogens with zero attached hydrogens (tertiary/aromatic N) is 2. The van der Waals surface area contributed by atoms with Crippen LogP contribution in [-0.2, 0) is 4.74 Å². The standard InChI is InChI=1S/C17H18N2O2/c20-17(19-10-11-21-15-7-3-6-14(15)19)16-13-5-2-1-4-12(13)8-9-18-16/h1-2,4-5,8-9,14-15H,3,6-7,10-11H2/t14-,15+/m1/s1. The molecule has 2 heterocycles. The van der Waals surface area contributed by atoms with Gasteiger partial charge >= 0.3 is 0 Å². The van der Waals surface area contributed by atoms with Gasteiger partial charge in [0.25, 0.3) is 5.91 Å². The molecule has 2 aromatic rings. The molecule has 108 valence electrons. The fourth-order valence-corrected chi connectivity index (χ4v) is 3.60. The van der Waals surface area contributed by atoms with E-state index in [0.29, 0.717) is 18.8 Å². The number of hydrogen-bond donors (Lipinski definition) is 0. The summed E-state index contributed by atoms with van der Waals surface area (Å²) >= 11 is 0. The van der Waals surface area contributed by atoms with Crippen LogP contribution in [0.4, 0.5) is 0 Å². The van der Waals surface area contributed by atoms with E-state index >= 15 is 0 Å². The molecule has 1 amide bonds. The molecule has 0 radical (unpaired) electrons. The summed E-state index contributed by atoms with van der Waals surface area (Å²) in [5.74, 6) is 0.0481. The maximum Gasteiger partial charge on any atom is 0.273 e. The molecule has 2 aliphatic rings. The Morgan fingerprint density at radius 1 is 1.24 bits per heavy atom. The second-order valence-electron chi connectivity index (χ2n) is 5.79. The molecule has 21 heavy (non-hydrogen) atoms. The molecule has 2 fully saturated rings. The number of ether oxygens (including phenoxy) is 1. The van der Waals surface area contributed by atoms with Crippen LogP contribution in [-0.4, -0.2) is 41.1 Å². The number of amides is 1. The summed E-state index contributed by atoms with van der Waals surface area (Å²) in [7, 11) is 0. The van der Waals surface area contributed by atoms with E-state index in [2.05, 4.69) is 4.98 Å². The molecule has 1 saturated carbocycles. The van der Waals surface area contributed by atoms with E-state index in [-0.39, 0.29) is 18.1 Å². The van der Waals surface area contributed by atoms with Crippen molar-refractivity contribution in [2.45, 2.75) is 31.4 Å². The van der Waals surface area contributed by atoms with Gasteiger partial charge in [-0.15, -0.1) is 0 Å². The van der Waals surface area contributed by atoms with Crippen LogP contribution >= 0.6 is 0 Å².